The number of nitrogens with zero attached hydrogens (tertiary/aromatic N) is 1. The molecule has 0 atom stereocenters. The molecule has 1 aromatic rings. The molecule has 6 nitrogen and oxygen atoms in total. The fourth-order valence-corrected chi connectivity index (χ4v) is 1.35. The van der Waals surface area contributed by atoms with E-state index in [0.29, 0.717) is 0 Å². The van der Waals surface area contributed by atoms with Gasteiger partial charge in [-0.05, 0) is 18.6 Å². The number of carbonyl (C=O) groups is 1. The second-order valence-corrected chi connectivity index (χ2v) is 3.63. The molecule has 0 bridgehead atoms. The van der Waals surface area contributed by atoms with Gasteiger partial charge in [0.15, 0.2) is 0 Å². The van der Waals surface area contributed by atoms with E-state index >= 15 is 0 Å². The summed E-state index contributed by atoms with van der Waals surface area (Å²) in [4.78, 5) is 21.8. The normalized spacial score (nSPS) is 9.56. The third kappa shape index (κ3) is 3.88. The summed E-state index contributed by atoms with van der Waals surface area (Å²) in [6.07, 6.45) is 5.02. The van der Waals surface area contributed by atoms with Crippen LogP contribution in [0.5, 0.6) is 0 Å². The molecule has 18 heavy (non-hydrogen) atoms. The van der Waals surface area contributed by atoms with E-state index in [1.165, 1.54) is 6.07 Å². The van der Waals surface area contributed by atoms with Gasteiger partial charge in [-0.15, -0.1) is 6.42 Å². The van der Waals surface area contributed by atoms with Crippen LogP contribution in [0.15, 0.2) is 18.2 Å². The van der Waals surface area contributed by atoms with Crippen molar-refractivity contribution in [1.82, 2.24) is 5.32 Å². The molecule has 0 radical (unpaired) electrons. The monoisotopic (exact) mass is 247 g/mol. The van der Waals surface area contributed by atoms with E-state index in [4.69, 9.17) is 6.42 Å². The lowest BCUT2D eigenvalue weighted by atomic mass is 10.2. The molecule has 0 heterocycles. The maximum atomic E-state index is 11.5. The summed E-state index contributed by atoms with van der Waals surface area (Å²) in [6, 6.07) is 4.53. The first-order chi connectivity index (χ1) is 8.54. The van der Waals surface area contributed by atoms with E-state index in [1.54, 1.807) is 19.1 Å². The molecule has 94 valence electrons. The number of anilines is 1. The van der Waals surface area contributed by atoms with Crippen LogP contribution >= 0.6 is 0 Å². The van der Waals surface area contributed by atoms with Crippen molar-refractivity contribution < 1.29 is 9.72 Å². The predicted molar refractivity (Wildman–Crippen MR) is 68.2 cm³/mol. The van der Waals surface area contributed by atoms with Crippen LogP contribution in [-0.4, -0.2) is 23.9 Å². The summed E-state index contributed by atoms with van der Waals surface area (Å²) in [5, 5.41) is 16.0. The van der Waals surface area contributed by atoms with Crippen LogP contribution < -0.4 is 10.6 Å². The van der Waals surface area contributed by atoms with Crippen LogP contribution in [-0.2, 0) is 4.79 Å². The molecule has 0 aromatic heterocycles. The number of terminal acetylenes is 1. The van der Waals surface area contributed by atoms with Crippen molar-refractivity contribution in [3.63, 3.8) is 0 Å². The quantitative estimate of drug-likeness (QED) is 0.353. The Hall–Kier alpha value is -2.39. The maximum absolute atomic E-state index is 11.5. The molecule has 1 aromatic carbocycles. The lowest BCUT2D eigenvalue weighted by Gasteiger charge is -2.06. The van der Waals surface area contributed by atoms with Gasteiger partial charge in [0.2, 0.25) is 5.91 Å². The third-order valence-electron chi connectivity index (χ3n) is 2.14. The number of carbonyl (C=O) groups excluding carboxylic acids is 1. The van der Waals surface area contributed by atoms with Gasteiger partial charge in [0.05, 0.1) is 18.0 Å². The third-order valence-corrected chi connectivity index (χ3v) is 2.14. The first-order valence-electron chi connectivity index (χ1n) is 5.23. The van der Waals surface area contributed by atoms with Crippen LogP contribution in [0.2, 0.25) is 0 Å². The van der Waals surface area contributed by atoms with Crippen molar-refractivity contribution in [1.29, 1.82) is 0 Å². The number of aryl methyl sites for hydroxylation is 1. The molecule has 6 heteroatoms. The second-order valence-electron chi connectivity index (χ2n) is 3.63. The number of rotatable bonds is 5. The first-order valence-corrected chi connectivity index (χ1v) is 5.23. The summed E-state index contributed by atoms with van der Waals surface area (Å²) in [5.41, 5.74) is 0.880. The molecule has 0 aliphatic rings. The van der Waals surface area contributed by atoms with Crippen molar-refractivity contribution >= 4 is 17.3 Å². The number of nitro groups is 1. The van der Waals surface area contributed by atoms with Crippen LogP contribution in [0.4, 0.5) is 11.4 Å². The molecular formula is C12H13N3O3. The van der Waals surface area contributed by atoms with Gasteiger partial charge in [0.1, 0.15) is 5.69 Å². The zero-order chi connectivity index (χ0) is 13.5. The van der Waals surface area contributed by atoms with E-state index in [0.717, 1.165) is 5.56 Å². The van der Waals surface area contributed by atoms with E-state index in [-0.39, 0.29) is 30.4 Å². The molecule has 1 amide bonds. The average Bonchev–Trinajstić information content (AvgIpc) is 2.29. The summed E-state index contributed by atoms with van der Waals surface area (Å²) in [7, 11) is 0. The van der Waals surface area contributed by atoms with Gasteiger partial charge in [-0.3, -0.25) is 20.2 Å². The van der Waals surface area contributed by atoms with Crippen LogP contribution in [0.3, 0.4) is 0 Å². The minimum atomic E-state index is -0.538. The lowest BCUT2D eigenvalue weighted by molar-refractivity contribution is -0.383. The average molecular weight is 247 g/mol. The first kappa shape index (κ1) is 13.7. The second kappa shape index (κ2) is 6.37. The fraction of sp³-hybridized carbons (Fsp3) is 0.250. The Bertz CT molecular complexity index is 506. The van der Waals surface area contributed by atoms with Gasteiger partial charge >= 0.3 is 0 Å². The van der Waals surface area contributed by atoms with Crippen molar-refractivity contribution in [3.8, 4) is 12.3 Å². The van der Waals surface area contributed by atoms with Crippen molar-refractivity contribution in [2.75, 3.05) is 18.4 Å². The van der Waals surface area contributed by atoms with Crippen LogP contribution in [0.25, 0.3) is 0 Å². The number of hydrogen-bond donors (Lipinski definition) is 2. The SMILES string of the molecule is C#CCNCC(=O)Nc1cc(C)ccc1[N+](=O)[O-]. The standard InChI is InChI=1S/C12H13N3O3/c1-3-6-13-8-12(16)14-10-7-9(2)4-5-11(10)15(17)18/h1,4-5,7,13H,6,8H2,2H3,(H,14,16). The van der Waals surface area contributed by atoms with E-state index in [2.05, 4.69) is 16.6 Å². The molecule has 0 fully saturated rings. The van der Waals surface area contributed by atoms with Gasteiger partial charge < -0.3 is 5.32 Å². The number of nitro benzene ring substituents is 1. The summed E-state index contributed by atoms with van der Waals surface area (Å²) >= 11 is 0. The maximum Gasteiger partial charge on any atom is 0.292 e. The van der Waals surface area contributed by atoms with Crippen LogP contribution in [0, 0.1) is 29.4 Å². The number of nitrogens with one attached hydrogen (secondary N) is 2. The zero-order valence-electron chi connectivity index (χ0n) is 9.90. The van der Waals surface area contributed by atoms with E-state index in [9.17, 15) is 14.9 Å². The topological polar surface area (TPSA) is 84.3 Å². The van der Waals surface area contributed by atoms with E-state index in [1.807, 2.05) is 0 Å². The Kier molecular flexibility index (Phi) is 4.84. The van der Waals surface area contributed by atoms with Crippen LogP contribution in [0.1, 0.15) is 5.56 Å². The summed E-state index contributed by atoms with van der Waals surface area (Å²) < 4.78 is 0. The van der Waals surface area contributed by atoms with Gasteiger partial charge in [0, 0.05) is 6.07 Å². The van der Waals surface area contributed by atoms with Gasteiger partial charge in [-0.2, -0.15) is 0 Å². The molecule has 0 spiro atoms. The summed E-state index contributed by atoms with van der Waals surface area (Å²) in [6.45, 7) is 2.06. The smallest absolute Gasteiger partial charge is 0.292 e. The highest BCUT2D eigenvalue weighted by Gasteiger charge is 2.15. The molecule has 0 aliphatic heterocycles. The zero-order valence-corrected chi connectivity index (χ0v) is 9.90. The summed E-state index contributed by atoms with van der Waals surface area (Å²) in [5.74, 6) is 1.95. The molecular weight excluding hydrogens is 234 g/mol. The number of amides is 1. The van der Waals surface area contributed by atoms with Gasteiger partial charge in [-0.1, -0.05) is 12.0 Å². The molecule has 0 saturated heterocycles. The Morgan fingerprint density at radius 3 is 2.89 bits per heavy atom. The van der Waals surface area contributed by atoms with Crippen molar-refractivity contribution in [3.05, 3.63) is 33.9 Å². The number of benzene rings is 1. The predicted octanol–water partition coefficient (Wildman–Crippen LogP) is 1.06. The van der Waals surface area contributed by atoms with Gasteiger partial charge in [-0.25, -0.2) is 0 Å². The molecule has 0 aliphatic carbocycles. The highest BCUT2D eigenvalue weighted by molar-refractivity contribution is 5.94. The molecule has 0 unspecified atom stereocenters. The fourth-order valence-electron chi connectivity index (χ4n) is 1.35. The minimum absolute atomic E-state index is 0.00922. The highest BCUT2D eigenvalue weighted by atomic mass is 16.6. The molecule has 1 rings (SSSR count). The van der Waals surface area contributed by atoms with E-state index < -0.39 is 4.92 Å². The highest BCUT2D eigenvalue weighted by Crippen LogP contribution is 2.24. The number of hydrogen-bond acceptors (Lipinski definition) is 4. The Morgan fingerprint density at radius 2 is 2.28 bits per heavy atom. The Balaban J connectivity index is 2.77. The molecule has 2 N–H and O–H groups in total. The van der Waals surface area contributed by atoms with Crippen molar-refractivity contribution in [2.45, 2.75) is 6.92 Å². The Labute approximate surface area is 105 Å². The largest absolute Gasteiger partial charge is 0.319 e. The van der Waals surface area contributed by atoms with Crippen molar-refractivity contribution in [2.24, 2.45) is 0 Å². The molecule has 0 saturated carbocycles. The van der Waals surface area contributed by atoms with Gasteiger partial charge in [0.25, 0.3) is 5.69 Å². The Morgan fingerprint density at radius 1 is 1.56 bits per heavy atom. The lowest BCUT2D eigenvalue weighted by Crippen LogP contribution is -2.28. The minimum Gasteiger partial charge on any atom is -0.319 e.